The van der Waals surface area contributed by atoms with Crippen molar-refractivity contribution in [2.24, 2.45) is 0 Å². The summed E-state index contributed by atoms with van der Waals surface area (Å²) >= 11 is 0. The van der Waals surface area contributed by atoms with Gasteiger partial charge in [-0.05, 0) is 0 Å². The highest BCUT2D eigenvalue weighted by atomic mass is 16.5. The zero-order valence-corrected chi connectivity index (χ0v) is 7.36. The van der Waals surface area contributed by atoms with Crippen molar-refractivity contribution in [2.45, 2.75) is 6.54 Å². The minimum Gasteiger partial charge on any atom is -0.343 e. The van der Waals surface area contributed by atoms with Gasteiger partial charge in [-0.25, -0.2) is 0 Å². The van der Waals surface area contributed by atoms with Crippen molar-refractivity contribution >= 4 is 5.91 Å². The first kappa shape index (κ1) is 10.1. The Bertz CT molecular complexity index is 315. The number of amides is 1. The van der Waals surface area contributed by atoms with Crippen LogP contribution >= 0.6 is 0 Å². The highest BCUT2D eigenvalue weighted by Gasteiger charge is 2.01. The normalized spacial score (nSPS) is 9.36. The van der Waals surface area contributed by atoms with Crippen LogP contribution in [0, 0.1) is 11.3 Å². The smallest absolute Gasteiger partial charge is 0.234 e. The van der Waals surface area contributed by atoms with E-state index in [4.69, 9.17) is 5.26 Å². The zero-order chi connectivity index (χ0) is 10.2. The molecule has 0 aromatic carbocycles. The van der Waals surface area contributed by atoms with Crippen LogP contribution in [0.15, 0.2) is 10.9 Å². The second-order valence-electron chi connectivity index (χ2n) is 2.39. The maximum Gasteiger partial charge on any atom is 0.234 e. The molecule has 1 amide bonds. The highest BCUT2D eigenvalue weighted by molar-refractivity contribution is 5.78. The minimum atomic E-state index is -0.241. The van der Waals surface area contributed by atoms with Crippen molar-refractivity contribution in [3.8, 4) is 6.07 Å². The number of aromatic nitrogens is 2. The summed E-state index contributed by atoms with van der Waals surface area (Å²) in [6, 6.07) is 1.80. The molecule has 1 heterocycles. The van der Waals surface area contributed by atoms with Gasteiger partial charge in [-0.3, -0.25) is 4.79 Å². The second-order valence-corrected chi connectivity index (χ2v) is 2.39. The summed E-state index contributed by atoms with van der Waals surface area (Å²) in [4.78, 5) is 14.7. The molecule has 0 unspecified atom stereocenters. The Kier molecular flexibility index (Phi) is 4.10. The first-order chi connectivity index (χ1) is 6.83. The number of nitrogens with one attached hydrogen (secondary N) is 2. The number of nitrogens with zero attached hydrogens (tertiary/aromatic N) is 3. The highest BCUT2D eigenvalue weighted by Crippen LogP contribution is 1.85. The first-order valence-corrected chi connectivity index (χ1v) is 3.92. The lowest BCUT2D eigenvalue weighted by molar-refractivity contribution is -0.120. The number of carbonyl (C=O) groups excluding carboxylic acids is 1. The molecular formula is C7H9N5O2. The van der Waals surface area contributed by atoms with Crippen molar-refractivity contribution in [3.63, 3.8) is 0 Å². The molecule has 0 fully saturated rings. The molecule has 0 aliphatic heterocycles. The number of carbonyl (C=O) groups is 1. The fourth-order valence-electron chi connectivity index (χ4n) is 0.759. The van der Waals surface area contributed by atoms with Crippen LogP contribution in [0.5, 0.6) is 0 Å². The number of rotatable bonds is 5. The minimum absolute atomic E-state index is 0.0166. The predicted molar refractivity (Wildman–Crippen MR) is 44.6 cm³/mol. The van der Waals surface area contributed by atoms with E-state index >= 15 is 0 Å². The summed E-state index contributed by atoms with van der Waals surface area (Å²) < 4.78 is 4.49. The first-order valence-electron chi connectivity index (χ1n) is 3.92. The van der Waals surface area contributed by atoms with Crippen LogP contribution in [-0.4, -0.2) is 29.1 Å². The molecule has 0 spiro atoms. The zero-order valence-electron chi connectivity index (χ0n) is 7.36. The average molecular weight is 195 g/mol. The quantitative estimate of drug-likeness (QED) is 0.572. The van der Waals surface area contributed by atoms with Gasteiger partial charge in [0.25, 0.3) is 0 Å². The molecule has 0 aliphatic carbocycles. The van der Waals surface area contributed by atoms with E-state index in [1.54, 1.807) is 6.07 Å². The van der Waals surface area contributed by atoms with E-state index in [1.807, 2.05) is 0 Å². The van der Waals surface area contributed by atoms with Crippen LogP contribution in [0.1, 0.15) is 5.82 Å². The molecule has 74 valence electrons. The van der Waals surface area contributed by atoms with Gasteiger partial charge in [-0.1, -0.05) is 5.16 Å². The third-order valence-corrected chi connectivity index (χ3v) is 1.34. The summed E-state index contributed by atoms with van der Waals surface area (Å²) in [6.45, 7) is 0.495. The SMILES string of the molecule is N#CCNC(=O)CNCc1ncon1. The monoisotopic (exact) mass is 195 g/mol. The van der Waals surface area contributed by atoms with E-state index in [1.165, 1.54) is 6.39 Å². The van der Waals surface area contributed by atoms with Gasteiger partial charge < -0.3 is 15.2 Å². The summed E-state index contributed by atoms with van der Waals surface area (Å²) in [5.74, 6) is 0.244. The molecule has 0 bridgehead atoms. The largest absolute Gasteiger partial charge is 0.343 e. The van der Waals surface area contributed by atoms with Gasteiger partial charge in [-0.2, -0.15) is 10.2 Å². The van der Waals surface area contributed by atoms with Crippen molar-refractivity contribution in [2.75, 3.05) is 13.1 Å². The van der Waals surface area contributed by atoms with E-state index in [-0.39, 0.29) is 19.0 Å². The van der Waals surface area contributed by atoms with Gasteiger partial charge in [0, 0.05) is 0 Å². The molecule has 1 rings (SSSR count). The van der Waals surface area contributed by atoms with Crippen molar-refractivity contribution in [3.05, 3.63) is 12.2 Å². The fourth-order valence-corrected chi connectivity index (χ4v) is 0.759. The lowest BCUT2D eigenvalue weighted by Gasteiger charge is -2.00. The summed E-state index contributed by atoms with van der Waals surface area (Å²) in [5, 5.41) is 16.9. The van der Waals surface area contributed by atoms with Gasteiger partial charge in [0.1, 0.15) is 6.54 Å². The Labute approximate surface area is 80.1 Å². The lowest BCUT2D eigenvalue weighted by Crippen LogP contribution is -2.33. The van der Waals surface area contributed by atoms with Crippen molar-refractivity contribution < 1.29 is 9.32 Å². The average Bonchev–Trinajstić information content (AvgIpc) is 2.67. The topological polar surface area (TPSA) is 104 Å². The Morgan fingerprint density at radius 2 is 2.57 bits per heavy atom. The van der Waals surface area contributed by atoms with Gasteiger partial charge in [-0.15, -0.1) is 0 Å². The number of hydrogen-bond donors (Lipinski definition) is 2. The third-order valence-electron chi connectivity index (χ3n) is 1.34. The molecule has 0 atom stereocenters. The number of hydrogen-bond acceptors (Lipinski definition) is 6. The van der Waals surface area contributed by atoms with Crippen molar-refractivity contribution in [1.82, 2.24) is 20.8 Å². The number of nitriles is 1. The standard InChI is InChI=1S/C7H9N5O2/c8-1-2-10-7(13)4-9-3-6-11-5-14-12-6/h5,9H,2-4H2,(H,10,13). The molecule has 14 heavy (non-hydrogen) atoms. The van der Waals surface area contributed by atoms with Crippen LogP contribution in [0.3, 0.4) is 0 Å². The second kappa shape index (κ2) is 5.66. The lowest BCUT2D eigenvalue weighted by atomic mass is 10.5. The molecule has 2 N–H and O–H groups in total. The fraction of sp³-hybridized carbons (Fsp3) is 0.429. The Morgan fingerprint density at radius 3 is 3.21 bits per heavy atom. The summed E-state index contributed by atoms with van der Waals surface area (Å²) in [6.07, 6.45) is 1.22. The van der Waals surface area contributed by atoms with E-state index in [2.05, 4.69) is 25.3 Å². The third kappa shape index (κ3) is 3.64. The molecule has 1 aromatic rings. The van der Waals surface area contributed by atoms with Gasteiger partial charge in [0.2, 0.25) is 12.3 Å². The van der Waals surface area contributed by atoms with Crippen molar-refractivity contribution in [1.29, 1.82) is 5.26 Å². The van der Waals surface area contributed by atoms with E-state index in [0.29, 0.717) is 12.4 Å². The Morgan fingerprint density at radius 1 is 1.71 bits per heavy atom. The van der Waals surface area contributed by atoms with Crippen LogP contribution in [0.2, 0.25) is 0 Å². The molecule has 0 aliphatic rings. The molecule has 7 nitrogen and oxygen atoms in total. The molecule has 0 saturated carbocycles. The van der Waals surface area contributed by atoms with Gasteiger partial charge in [0.15, 0.2) is 5.82 Å². The molecule has 7 heteroatoms. The van der Waals surface area contributed by atoms with E-state index < -0.39 is 0 Å². The maximum atomic E-state index is 10.9. The summed E-state index contributed by atoms with van der Waals surface area (Å²) in [7, 11) is 0. The van der Waals surface area contributed by atoms with Gasteiger partial charge >= 0.3 is 0 Å². The Hall–Kier alpha value is -1.94. The van der Waals surface area contributed by atoms with Crippen LogP contribution < -0.4 is 10.6 Å². The molecule has 1 aromatic heterocycles. The van der Waals surface area contributed by atoms with Crippen LogP contribution in [0.25, 0.3) is 0 Å². The molecular weight excluding hydrogens is 186 g/mol. The predicted octanol–water partition coefficient (Wildman–Crippen LogP) is -1.20. The summed E-state index contributed by atoms with van der Waals surface area (Å²) in [5.41, 5.74) is 0. The van der Waals surface area contributed by atoms with E-state index in [0.717, 1.165) is 0 Å². The van der Waals surface area contributed by atoms with Gasteiger partial charge in [0.05, 0.1) is 19.2 Å². The van der Waals surface area contributed by atoms with E-state index in [9.17, 15) is 4.79 Å². The maximum absolute atomic E-state index is 10.9. The Balaban J connectivity index is 2.10. The molecule has 0 radical (unpaired) electrons. The van der Waals surface area contributed by atoms with Crippen LogP contribution in [-0.2, 0) is 11.3 Å². The molecule has 0 saturated heterocycles. The van der Waals surface area contributed by atoms with Crippen LogP contribution in [0.4, 0.5) is 0 Å².